The Morgan fingerprint density at radius 1 is 0.962 bits per heavy atom. The summed E-state index contributed by atoms with van der Waals surface area (Å²) >= 11 is 0. The van der Waals surface area contributed by atoms with Gasteiger partial charge in [-0.15, -0.1) is 0 Å². The lowest BCUT2D eigenvalue weighted by molar-refractivity contribution is 0.104. The van der Waals surface area contributed by atoms with Crippen molar-refractivity contribution in [3.8, 4) is 11.5 Å². The fourth-order valence-corrected chi connectivity index (χ4v) is 2.65. The topological polar surface area (TPSA) is 46.5 Å². The zero-order chi connectivity index (χ0) is 18.4. The Kier molecular flexibility index (Phi) is 5.49. The molecule has 26 heavy (non-hydrogen) atoms. The number of benzene rings is 3. The van der Waals surface area contributed by atoms with Crippen LogP contribution in [0.15, 0.2) is 78.9 Å². The van der Waals surface area contributed by atoms with Crippen LogP contribution < -0.4 is 4.74 Å². The van der Waals surface area contributed by atoms with Crippen molar-refractivity contribution in [1.29, 1.82) is 0 Å². The molecule has 0 bridgehead atoms. The summed E-state index contributed by atoms with van der Waals surface area (Å²) in [6.07, 6.45) is 3.18. The molecule has 0 saturated heterocycles. The van der Waals surface area contributed by atoms with Crippen LogP contribution >= 0.6 is 0 Å². The van der Waals surface area contributed by atoms with Gasteiger partial charge >= 0.3 is 0 Å². The second kappa shape index (κ2) is 8.17. The first-order valence-corrected chi connectivity index (χ1v) is 8.42. The van der Waals surface area contributed by atoms with Crippen LogP contribution in [0.2, 0.25) is 0 Å². The average molecular weight is 344 g/mol. The van der Waals surface area contributed by atoms with Crippen molar-refractivity contribution in [2.45, 2.75) is 13.5 Å². The Labute approximate surface area is 153 Å². The standard InChI is InChI=1S/C23H20O3/c1-17-12-14-20(24)22(21(25)15-13-18-8-4-2-5-9-18)23(17)26-16-19-10-6-3-7-11-19/h2-15,24H,16H2,1H3. The number of allylic oxidation sites excluding steroid dienone is 1. The van der Waals surface area contributed by atoms with Crippen LogP contribution in [-0.4, -0.2) is 10.9 Å². The van der Waals surface area contributed by atoms with Crippen molar-refractivity contribution < 1.29 is 14.6 Å². The molecule has 0 aliphatic heterocycles. The van der Waals surface area contributed by atoms with Crippen LogP contribution in [0.25, 0.3) is 6.08 Å². The minimum atomic E-state index is -0.293. The first-order valence-electron chi connectivity index (χ1n) is 8.42. The molecular weight excluding hydrogens is 324 g/mol. The lowest BCUT2D eigenvalue weighted by Crippen LogP contribution is -2.04. The molecule has 3 nitrogen and oxygen atoms in total. The average Bonchev–Trinajstić information content (AvgIpc) is 2.68. The number of phenolic OH excluding ortho intramolecular Hbond substituents is 1. The molecule has 0 radical (unpaired) electrons. The maximum absolute atomic E-state index is 12.7. The van der Waals surface area contributed by atoms with E-state index in [0.29, 0.717) is 12.4 Å². The molecule has 0 aromatic heterocycles. The first-order chi connectivity index (χ1) is 12.6. The minimum Gasteiger partial charge on any atom is -0.507 e. The van der Waals surface area contributed by atoms with E-state index in [-0.39, 0.29) is 17.1 Å². The fraction of sp³-hybridized carbons (Fsp3) is 0.0870. The number of hydrogen-bond acceptors (Lipinski definition) is 3. The van der Waals surface area contributed by atoms with E-state index in [9.17, 15) is 9.90 Å². The quantitative estimate of drug-likeness (QED) is 0.495. The van der Waals surface area contributed by atoms with Gasteiger partial charge in [0.1, 0.15) is 23.7 Å². The van der Waals surface area contributed by atoms with E-state index in [1.54, 1.807) is 12.1 Å². The molecule has 3 rings (SSSR count). The number of ether oxygens (including phenoxy) is 1. The SMILES string of the molecule is Cc1ccc(O)c(C(=O)C=Cc2ccccc2)c1OCc1ccccc1. The molecule has 3 aromatic rings. The number of phenols is 1. The third-order valence-electron chi connectivity index (χ3n) is 4.03. The van der Waals surface area contributed by atoms with E-state index < -0.39 is 0 Å². The summed E-state index contributed by atoms with van der Waals surface area (Å²) in [5.41, 5.74) is 2.90. The van der Waals surface area contributed by atoms with Crippen molar-refractivity contribution in [3.63, 3.8) is 0 Å². The van der Waals surface area contributed by atoms with E-state index in [2.05, 4.69) is 0 Å². The van der Waals surface area contributed by atoms with Gasteiger partial charge in [0.15, 0.2) is 5.78 Å². The predicted molar refractivity (Wildman–Crippen MR) is 103 cm³/mol. The molecule has 0 heterocycles. The second-order valence-corrected chi connectivity index (χ2v) is 5.99. The zero-order valence-electron chi connectivity index (χ0n) is 14.6. The highest BCUT2D eigenvalue weighted by Gasteiger charge is 2.18. The summed E-state index contributed by atoms with van der Waals surface area (Å²) in [6, 6.07) is 22.5. The van der Waals surface area contributed by atoms with Gasteiger partial charge in [0.05, 0.1) is 0 Å². The van der Waals surface area contributed by atoms with Gasteiger partial charge in [-0.2, -0.15) is 0 Å². The lowest BCUT2D eigenvalue weighted by Gasteiger charge is -2.14. The monoisotopic (exact) mass is 344 g/mol. The van der Waals surface area contributed by atoms with Crippen LogP contribution in [0.5, 0.6) is 11.5 Å². The van der Waals surface area contributed by atoms with E-state index in [4.69, 9.17) is 4.74 Å². The largest absolute Gasteiger partial charge is 0.507 e. The molecule has 0 fully saturated rings. The van der Waals surface area contributed by atoms with Gasteiger partial charge in [-0.25, -0.2) is 0 Å². The van der Waals surface area contributed by atoms with Gasteiger partial charge in [0, 0.05) is 0 Å². The number of aromatic hydroxyl groups is 1. The Hall–Kier alpha value is -3.33. The Morgan fingerprint density at radius 2 is 1.62 bits per heavy atom. The van der Waals surface area contributed by atoms with Gasteiger partial charge in [0.2, 0.25) is 0 Å². The molecule has 0 amide bonds. The van der Waals surface area contributed by atoms with E-state index in [1.165, 1.54) is 12.1 Å². The highest BCUT2D eigenvalue weighted by molar-refractivity contribution is 6.10. The molecule has 1 N–H and O–H groups in total. The number of rotatable bonds is 6. The maximum atomic E-state index is 12.7. The Morgan fingerprint density at radius 3 is 2.31 bits per heavy atom. The normalized spacial score (nSPS) is 10.8. The molecule has 130 valence electrons. The fourth-order valence-electron chi connectivity index (χ4n) is 2.65. The first kappa shape index (κ1) is 17.5. The smallest absolute Gasteiger partial charge is 0.193 e. The molecule has 0 aliphatic carbocycles. The maximum Gasteiger partial charge on any atom is 0.193 e. The highest BCUT2D eigenvalue weighted by atomic mass is 16.5. The van der Waals surface area contributed by atoms with Crippen molar-refractivity contribution in [2.24, 2.45) is 0 Å². The van der Waals surface area contributed by atoms with Crippen LogP contribution in [0.3, 0.4) is 0 Å². The number of hydrogen-bond donors (Lipinski definition) is 1. The summed E-state index contributed by atoms with van der Waals surface area (Å²) in [6.45, 7) is 2.19. The third kappa shape index (κ3) is 4.19. The van der Waals surface area contributed by atoms with Crippen LogP contribution in [-0.2, 0) is 6.61 Å². The zero-order valence-corrected chi connectivity index (χ0v) is 14.6. The van der Waals surface area contributed by atoms with E-state index in [1.807, 2.05) is 67.6 Å². The summed E-state index contributed by atoms with van der Waals surface area (Å²) in [5, 5.41) is 10.2. The second-order valence-electron chi connectivity index (χ2n) is 5.99. The van der Waals surface area contributed by atoms with Gasteiger partial charge in [-0.3, -0.25) is 4.79 Å². The Bertz CT molecular complexity index is 913. The number of carbonyl (C=O) groups is 1. The van der Waals surface area contributed by atoms with Gasteiger partial charge in [0.25, 0.3) is 0 Å². The van der Waals surface area contributed by atoms with Crippen molar-refractivity contribution >= 4 is 11.9 Å². The van der Waals surface area contributed by atoms with E-state index in [0.717, 1.165) is 16.7 Å². The molecule has 0 aliphatic rings. The van der Waals surface area contributed by atoms with Crippen molar-refractivity contribution in [1.82, 2.24) is 0 Å². The minimum absolute atomic E-state index is 0.0821. The molecule has 0 spiro atoms. The van der Waals surface area contributed by atoms with Crippen LogP contribution in [0, 0.1) is 6.92 Å². The molecular formula is C23H20O3. The van der Waals surface area contributed by atoms with Gasteiger partial charge in [-0.1, -0.05) is 72.8 Å². The molecule has 3 aromatic carbocycles. The van der Waals surface area contributed by atoms with Crippen LogP contribution in [0.1, 0.15) is 27.0 Å². The van der Waals surface area contributed by atoms with Crippen molar-refractivity contribution in [3.05, 3.63) is 101 Å². The summed E-state index contributed by atoms with van der Waals surface area (Å²) in [7, 11) is 0. The van der Waals surface area contributed by atoms with Gasteiger partial charge < -0.3 is 9.84 Å². The number of carbonyl (C=O) groups excluding carboxylic acids is 1. The Balaban J connectivity index is 1.87. The molecule has 0 atom stereocenters. The van der Waals surface area contributed by atoms with Crippen LogP contribution in [0.4, 0.5) is 0 Å². The van der Waals surface area contributed by atoms with Gasteiger partial charge in [-0.05, 0) is 35.8 Å². The molecule has 3 heteroatoms. The number of ketones is 1. The van der Waals surface area contributed by atoms with Crippen molar-refractivity contribution in [2.75, 3.05) is 0 Å². The molecule has 0 unspecified atom stereocenters. The third-order valence-corrected chi connectivity index (χ3v) is 4.03. The lowest BCUT2D eigenvalue weighted by atomic mass is 10.0. The summed E-state index contributed by atoms with van der Waals surface area (Å²) in [5.74, 6) is 0.0380. The summed E-state index contributed by atoms with van der Waals surface area (Å²) < 4.78 is 5.89. The number of aryl methyl sites for hydroxylation is 1. The summed E-state index contributed by atoms with van der Waals surface area (Å²) in [4.78, 5) is 12.7. The van der Waals surface area contributed by atoms with E-state index >= 15 is 0 Å². The highest BCUT2D eigenvalue weighted by Crippen LogP contribution is 2.32. The predicted octanol–water partition coefficient (Wildman–Crippen LogP) is 5.18. The molecule has 0 saturated carbocycles.